The maximum absolute atomic E-state index is 11.4. The number of amides is 1. The van der Waals surface area contributed by atoms with E-state index in [1.807, 2.05) is 18.4 Å². The van der Waals surface area contributed by atoms with Crippen LogP contribution in [0.25, 0.3) is 0 Å². The van der Waals surface area contributed by atoms with E-state index in [1.54, 1.807) is 11.3 Å². The highest BCUT2D eigenvalue weighted by atomic mass is 35.5. The number of hydrogen-bond donors (Lipinski definition) is 2. The van der Waals surface area contributed by atoms with Gasteiger partial charge in [0.25, 0.3) is 0 Å². The zero-order valence-corrected chi connectivity index (χ0v) is 11.4. The van der Waals surface area contributed by atoms with E-state index in [9.17, 15) is 4.79 Å². The van der Waals surface area contributed by atoms with Crippen LogP contribution in [0.4, 0.5) is 0 Å². The molecule has 92 valence electrons. The Kier molecular flexibility index (Phi) is 7.76. The molecule has 3 N–H and O–H groups in total. The van der Waals surface area contributed by atoms with Crippen LogP contribution in [-0.2, 0) is 11.2 Å². The Morgan fingerprint density at radius 1 is 1.69 bits per heavy atom. The Morgan fingerprint density at radius 3 is 2.88 bits per heavy atom. The monoisotopic (exact) mass is 282 g/mol. The summed E-state index contributed by atoms with van der Waals surface area (Å²) in [5.74, 6) is 0.0393. The Morgan fingerprint density at radius 2 is 2.38 bits per heavy atom. The van der Waals surface area contributed by atoms with Crippen molar-refractivity contribution >= 4 is 41.3 Å². The average Bonchev–Trinajstić information content (AvgIpc) is 2.61. The third-order valence-electron chi connectivity index (χ3n) is 1.98. The van der Waals surface area contributed by atoms with Crippen molar-refractivity contribution in [3.8, 4) is 0 Å². The van der Waals surface area contributed by atoms with Gasteiger partial charge in [0.15, 0.2) is 0 Å². The van der Waals surface area contributed by atoms with E-state index in [4.69, 9.17) is 17.3 Å². The van der Waals surface area contributed by atoms with E-state index in [0.29, 0.717) is 13.0 Å². The van der Waals surface area contributed by atoms with Gasteiger partial charge in [0.05, 0.1) is 5.02 Å². The van der Waals surface area contributed by atoms with Crippen LogP contribution in [-0.4, -0.2) is 18.5 Å². The fraction of sp³-hybridized carbons (Fsp3) is 0.500. The lowest BCUT2D eigenvalue weighted by Crippen LogP contribution is -2.37. The standard InChI is InChI=1S/C10H15ClN2OS.ClH/c1-7(5-12)13-10(14)3-2-9-4-8(11)6-15-9;/h4,6-7H,2-3,5,12H2,1H3,(H,13,14);1H/t7-;/m1./s1. The molecule has 1 rings (SSSR count). The highest BCUT2D eigenvalue weighted by molar-refractivity contribution is 7.10. The summed E-state index contributed by atoms with van der Waals surface area (Å²) in [4.78, 5) is 12.5. The Hall–Kier alpha value is -0.290. The lowest BCUT2D eigenvalue weighted by molar-refractivity contribution is -0.121. The van der Waals surface area contributed by atoms with Crippen molar-refractivity contribution in [3.05, 3.63) is 21.3 Å². The summed E-state index contributed by atoms with van der Waals surface area (Å²) in [6.45, 7) is 2.36. The number of halogens is 2. The first-order chi connectivity index (χ1) is 7.11. The maximum atomic E-state index is 11.4. The van der Waals surface area contributed by atoms with E-state index in [1.165, 1.54) is 0 Å². The Bertz CT molecular complexity index is 330. The molecule has 0 fully saturated rings. The van der Waals surface area contributed by atoms with E-state index >= 15 is 0 Å². The smallest absolute Gasteiger partial charge is 0.220 e. The number of hydrogen-bond acceptors (Lipinski definition) is 3. The van der Waals surface area contributed by atoms with Crippen molar-refractivity contribution in [2.45, 2.75) is 25.8 Å². The van der Waals surface area contributed by atoms with Crippen LogP contribution in [0.2, 0.25) is 5.02 Å². The zero-order valence-electron chi connectivity index (χ0n) is 9.03. The summed E-state index contributed by atoms with van der Waals surface area (Å²) in [5.41, 5.74) is 5.40. The van der Waals surface area contributed by atoms with Gasteiger partial charge in [0.1, 0.15) is 0 Å². The molecule has 0 saturated carbocycles. The molecule has 1 heterocycles. The van der Waals surface area contributed by atoms with Gasteiger partial charge in [0, 0.05) is 29.3 Å². The molecule has 6 heteroatoms. The zero-order chi connectivity index (χ0) is 11.3. The van der Waals surface area contributed by atoms with Crippen molar-refractivity contribution in [2.75, 3.05) is 6.54 Å². The molecule has 1 amide bonds. The van der Waals surface area contributed by atoms with Gasteiger partial charge in [-0.15, -0.1) is 23.7 Å². The van der Waals surface area contributed by atoms with E-state index in [-0.39, 0.29) is 24.4 Å². The van der Waals surface area contributed by atoms with Crippen molar-refractivity contribution in [1.29, 1.82) is 0 Å². The van der Waals surface area contributed by atoms with Gasteiger partial charge < -0.3 is 11.1 Å². The predicted octanol–water partition coefficient (Wildman–Crippen LogP) is 2.22. The molecule has 0 saturated heterocycles. The van der Waals surface area contributed by atoms with Crippen LogP contribution >= 0.6 is 35.3 Å². The number of nitrogens with two attached hydrogens (primary N) is 1. The summed E-state index contributed by atoms with van der Waals surface area (Å²) in [6, 6.07) is 1.94. The molecular weight excluding hydrogens is 267 g/mol. The second-order valence-electron chi connectivity index (χ2n) is 3.44. The number of rotatable bonds is 5. The predicted molar refractivity (Wildman–Crippen MR) is 71.6 cm³/mol. The molecule has 16 heavy (non-hydrogen) atoms. The van der Waals surface area contributed by atoms with Gasteiger partial charge in [-0.3, -0.25) is 4.79 Å². The molecule has 1 aromatic rings. The fourth-order valence-corrected chi connectivity index (χ4v) is 2.20. The summed E-state index contributed by atoms with van der Waals surface area (Å²) < 4.78 is 0. The first-order valence-electron chi connectivity index (χ1n) is 4.84. The van der Waals surface area contributed by atoms with E-state index in [0.717, 1.165) is 16.3 Å². The topological polar surface area (TPSA) is 55.1 Å². The molecule has 0 radical (unpaired) electrons. The van der Waals surface area contributed by atoms with Gasteiger partial charge in [0.2, 0.25) is 5.91 Å². The largest absolute Gasteiger partial charge is 0.352 e. The SMILES string of the molecule is C[C@H](CN)NC(=O)CCc1cc(Cl)cs1.Cl. The van der Waals surface area contributed by atoms with Gasteiger partial charge in [-0.25, -0.2) is 0 Å². The van der Waals surface area contributed by atoms with E-state index in [2.05, 4.69) is 5.32 Å². The van der Waals surface area contributed by atoms with Crippen molar-refractivity contribution < 1.29 is 4.79 Å². The van der Waals surface area contributed by atoms with Crippen LogP contribution in [0, 0.1) is 0 Å². The molecule has 3 nitrogen and oxygen atoms in total. The minimum absolute atomic E-state index is 0. The molecule has 0 aliphatic heterocycles. The summed E-state index contributed by atoms with van der Waals surface area (Å²) in [6.07, 6.45) is 1.22. The van der Waals surface area contributed by atoms with Gasteiger partial charge in [-0.2, -0.15) is 0 Å². The second kappa shape index (κ2) is 7.90. The third-order valence-corrected chi connectivity index (χ3v) is 3.33. The second-order valence-corrected chi connectivity index (χ2v) is 4.87. The van der Waals surface area contributed by atoms with Crippen molar-refractivity contribution in [1.82, 2.24) is 5.32 Å². The van der Waals surface area contributed by atoms with Crippen LogP contribution in [0.1, 0.15) is 18.2 Å². The number of carbonyl (C=O) groups excluding carboxylic acids is 1. The van der Waals surface area contributed by atoms with Crippen LogP contribution in [0.3, 0.4) is 0 Å². The quantitative estimate of drug-likeness (QED) is 0.870. The molecule has 0 unspecified atom stereocenters. The van der Waals surface area contributed by atoms with Crippen molar-refractivity contribution in [2.24, 2.45) is 5.73 Å². The maximum Gasteiger partial charge on any atom is 0.220 e. The average molecular weight is 283 g/mol. The number of thiophene rings is 1. The number of nitrogens with one attached hydrogen (secondary N) is 1. The fourth-order valence-electron chi connectivity index (χ4n) is 1.13. The van der Waals surface area contributed by atoms with Crippen LogP contribution in [0.15, 0.2) is 11.4 Å². The van der Waals surface area contributed by atoms with Crippen molar-refractivity contribution in [3.63, 3.8) is 0 Å². The minimum atomic E-state index is 0. The minimum Gasteiger partial charge on any atom is -0.352 e. The molecule has 1 atom stereocenters. The molecule has 0 aliphatic rings. The first kappa shape index (κ1) is 15.7. The van der Waals surface area contributed by atoms with Gasteiger partial charge >= 0.3 is 0 Å². The summed E-state index contributed by atoms with van der Waals surface area (Å²) in [5, 5.41) is 5.43. The molecule has 0 aliphatic carbocycles. The summed E-state index contributed by atoms with van der Waals surface area (Å²) in [7, 11) is 0. The van der Waals surface area contributed by atoms with Gasteiger partial charge in [-0.1, -0.05) is 11.6 Å². The third kappa shape index (κ3) is 5.70. The lowest BCUT2D eigenvalue weighted by Gasteiger charge is -2.10. The molecular formula is C10H16Cl2N2OS. The van der Waals surface area contributed by atoms with Gasteiger partial charge in [-0.05, 0) is 19.4 Å². The highest BCUT2D eigenvalue weighted by Gasteiger charge is 2.06. The molecule has 0 aromatic carbocycles. The Balaban J connectivity index is 0.00000225. The number of carbonyl (C=O) groups is 1. The van der Waals surface area contributed by atoms with Crippen LogP contribution < -0.4 is 11.1 Å². The van der Waals surface area contributed by atoms with E-state index < -0.39 is 0 Å². The number of aryl methyl sites for hydroxylation is 1. The normalized spacial score (nSPS) is 11.7. The highest BCUT2D eigenvalue weighted by Crippen LogP contribution is 2.20. The molecule has 0 spiro atoms. The first-order valence-corrected chi connectivity index (χ1v) is 6.10. The lowest BCUT2D eigenvalue weighted by atomic mass is 10.2. The molecule has 0 bridgehead atoms. The van der Waals surface area contributed by atoms with Crippen LogP contribution in [0.5, 0.6) is 0 Å². The molecule has 1 aromatic heterocycles. The summed E-state index contributed by atoms with van der Waals surface area (Å²) >= 11 is 7.36. The Labute approximate surface area is 111 Å².